The molecule has 0 N–H and O–H groups in total. The van der Waals surface area contributed by atoms with Gasteiger partial charge in [-0.1, -0.05) is 127 Å². The summed E-state index contributed by atoms with van der Waals surface area (Å²) in [5.74, 6) is -0.677. The Morgan fingerprint density at radius 2 is 0.727 bits per heavy atom. The first-order valence-electron chi connectivity index (χ1n) is 14.3. The first-order valence-corrected chi connectivity index (χ1v) is 14.3. The number of aromatic nitrogens is 4. The standard InChI is InChI=1S/C38H26N4O2/c43-37(41-35(29-18-9-3-10-19-29)25-33(39-41)27-14-5-1-6-15-27)31-22-13-23-32(24-31)38(44)42-36(30-20-11-4-12-21-30)26-34(40-42)28-16-7-2-8-17-28/h1-26H. The lowest BCUT2D eigenvalue weighted by atomic mass is 10.1. The molecule has 0 saturated carbocycles. The molecule has 0 radical (unpaired) electrons. The zero-order valence-corrected chi connectivity index (χ0v) is 23.6. The topological polar surface area (TPSA) is 69.8 Å². The van der Waals surface area contributed by atoms with Crippen LogP contribution in [0.1, 0.15) is 20.7 Å². The van der Waals surface area contributed by atoms with E-state index in [4.69, 9.17) is 10.2 Å². The molecule has 0 aliphatic carbocycles. The highest BCUT2D eigenvalue weighted by molar-refractivity contribution is 6.03. The van der Waals surface area contributed by atoms with Crippen LogP contribution < -0.4 is 0 Å². The van der Waals surface area contributed by atoms with Crippen LogP contribution in [0.15, 0.2) is 158 Å². The smallest absolute Gasteiger partial charge is 0.267 e. The number of hydrogen-bond acceptors (Lipinski definition) is 4. The molecule has 0 unspecified atom stereocenters. The maximum atomic E-state index is 14.0. The monoisotopic (exact) mass is 570 g/mol. The normalized spacial score (nSPS) is 10.9. The van der Waals surface area contributed by atoms with Crippen molar-refractivity contribution in [3.8, 4) is 45.0 Å². The quantitative estimate of drug-likeness (QED) is 0.202. The third kappa shape index (κ3) is 5.16. The van der Waals surface area contributed by atoms with Gasteiger partial charge in [-0.2, -0.15) is 19.6 Å². The van der Waals surface area contributed by atoms with Crippen molar-refractivity contribution in [3.05, 3.63) is 169 Å². The minimum atomic E-state index is -0.339. The van der Waals surface area contributed by atoms with Crippen molar-refractivity contribution in [2.45, 2.75) is 0 Å². The van der Waals surface area contributed by atoms with Gasteiger partial charge < -0.3 is 0 Å². The van der Waals surface area contributed by atoms with Gasteiger partial charge in [-0.15, -0.1) is 0 Å². The Bertz CT molecular complexity index is 1930. The van der Waals surface area contributed by atoms with Gasteiger partial charge in [0.2, 0.25) is 0 Å². The van der Waals surface area contributed by atoms with Crippen molar-refractivity contribution in [2.75, 3.05) is 0 Å². The van der Waals surface area contributed by atoms with E-state index in [0.717, 1.165) is 22.3 Å². The second-order valence-corrected chi connectivity index (χ2v) is 10.3. The maximum absolute atomic E-state index is 14.0. The third-order valence-corrected chi connectivity index (χ3v) is 7.44. The summed E-state index contributed by atoms with van der Waals surface area (Å²) in [5.41, 5.74) is 6.91. The molecule has 5 aromatic carbocycles. The summed E-state index contributed by atoms with van der Waals surface area (Å²) in [4.78, 5) is 28.1. The fraction of sp³-hybridized carbons (Fsp3) is 0. The van der Waals surface area contributed by atoms with E-state index in [2.05, 4.69) is 0 Å². The molecule has 0 spiro atoms. The van der Waals surface area contributed by atoms with Crippen LogP contribution in [0.5, 0.6) is 0 Å². The van der Waals surface area contributed by atoms with E-state index in [1.54, 1.807) is 24.3 Å². The van der Waals surface area contributed by atoms with Gasteiger partial charge in [0.15, 0.2) is 0 Å². The Hall–Kier alpha value is -6.14. The number of carbonyl (C=O) groups is 2. The molecule has 6 heteroatoms. The summed E-state index contributed by atoms with van der Waals surface area (Å²) in [6, 6.07) is 49.4. The lowest BCUT2D eigenvalue weighted by Crippen LogP contribution is -2.18. The van der Waals surface area contributed by atoms with Crippen LogP contribution in [0.2, 0.25) is 0 Å². The van der Waals surface area contributed by atoms with Crippen molar-refractivity contribution in [3.63, 3.8) is 0 Å². The van der Waals surface area contributed by atoms with E-state index in [0.29, 0.717) is 33.9 Å². The van der Waals surface area contributed by atoms with E-state index in [1.165, 1.54) is 9.36 Å². The molecule has 0 fully saturated rings. The number of benzene rings is 5. The van der Waals surface area contributed by atoms with Crippen LogP contribution in [-0.4, -0.2) is 31.4 Å². The Morgan fingerprint density at radius 1 is 0.386 bits per heavy atom. The van der Waals surface area contributed by atoms with Crippen molar-refractivity contribution in [2.24, 2.45) is 0 Å². The zero-order chi connectivity index (χ0) is 29.9. The predicted molar refractivity (Wildman–Crippen MR) is 172 cm³/mol. The molecule has 0 atom stereocenters. The molecule has 0 aliphatic rings. The number of rotatable bonds is 6. The summed E-state index contributed by atoms with van der Waals surface area (Å²) in [7, 11) is 0. The molecular weight excluding hydrogens is 544 g/mol. The second kappa shape index (κ2) is 11.6. The average Bonchev–Trinajstić information content (AvgIpc) is 3.76. The van der Waals surface area contributed by atoms with E-state index in [-0.39, 0.29) is 11.8 Å². The van der Waals surface area contributed by atoms with Gasteiger partial charge in [-0.3, -0.25) is 9.59 Å². The van der Waals surface area contributed by atoms with Crippen molar-refractivity contribution < 1.29 is 9.59 Å². The van der Waals surface area contributed by atoms with Gasteiger partial charge in [-0.05, 0) is 30.3 Å². The first kappa shape index (κ1) is 26.7. The molecule has 0 aliphatic heterocycles. The molecule has 2 aromatic heterocycles. The molecule has 7 aromatic rings. The molecule has 6 nitrogen and oxygen atoms in total. The van der Waals surface area contributed by atoms with Gasteiger partial charge in [-0.25, -0.2) is 0 Å². The third-order valence-electron chi connectivity index (χ3n) is 7.44. The molecule has 0 saturated heterocycles. The van der Waals surface area contributed by atoms with Crippen LogP contribution >= 0.6 is 0 Å². The molecule has 210 valence electrons. The van der Waals surface area contributed by atoms with E-state index in [1.807, 2.05) is 133 Å². The highest BCUT2D eigenvalue weighted by atomic mass is 16.2. The minimum absolute atomic E-state index is 0.339. The fourth-order valence-electron chi connectivity index (χ4n) is 5.23. The molecule has 44 heavy (non-hydrogen) atoms. The maximum Gasteiger partial charge on any atom is 0.278 e. The predicted octanol–water partition coefficient (Wildman–Crippen LogP) is 8.12. The van der Waals surface area contributed by atoms with Crippen LogP contribution in [0.3, 0.4) is 0 Å². The van der Waals surface area contributed by atoms with Gasteiger partial charge in [0.1, 0.15) is 0 Å². The SMILES string of the molecule is O=C(c1cccc(C(=O)n2nc(-c3ccccc3)cc2-c2ccccc2)c1)n1nc(-c2ccccc2)cc1-c1ccccc1. The second-order valence-electron chi connectivity index (χ2n) is 10.3. The lowest BCUT2D eigenvalue weighted by Gasteiger charge is -2.09. The van der Waals surface area contributed by atoms with Crippen molar-refractivity contribution in [1.29, 1.82) is 0 Å². The summed E-state index contributed by atoms with van der Waals surface area (Å²) in [6.07, 6.45) is 0. The van der Waals surface area contributed by atoms with Gasteiger partial charge in [0.25, 0.3) is 11.8 Å². The Morgan fingerprint density at radius 3 is 1.09 bits per heavy atom. The van der Waals surface area contributed by atoms with Crippen LogP contribution in [0.4, 0.5) is 0 Å². The Balaban J connectivity index is 1.29. The number of nitrogens with zero attached hydrogens (tertiary/aromatic N) is 4. The van der Waals surface area contributed by atoms with Gasteiger partial charge in [0.05, 0.1) is 22.8 Å². The lowest BCUT2D eigenvalue weighted by molar-refractivity contribution is 0.0947. The van der Waals surface area contributed by atoms with Crippen LogP contribution in [0, 0.1) is 0 Å². The van der Waals surface area contributed by atoms with Crippen molar-refractivity contribution in [1.82, 2.24) is 19.6 Å². The minimum Gasteiger partial charge on any atom is -0.267 e. The van der Waals surface area contributed by atoms with Crippen LogP contribution in [0.25, 0.3) is 45.0 Å². The van der Waals surface area contributed by atoms with E-state index < -0.39 is 0 Å². The molecular formula is C38H26N4O2. The zero-order valence-electron chi connectivity index (χ0n) is 23.6. The number of hydrogen-bond donors (Lipinski definition) is 0. The summed E-state index contributed by atoms with van der Waals surface area (Å²) in [5, 5.41) is 9.44. The summed E-state index contributed by atoms with van der Waals surface area (Å²) in [6.45, 7) is 0. The summed E-state index contributed by atoms with van der Waals surface area (Å²) < 4.78 is 2.83. The summed E-state index contributed by atoms with van der Waals surface area (Å²) >= 11 is 0. The van der Waals surface area contributed by atoms with Crippen molar-refractivity contribution >= 4 is 11.8 Å². The van der Waals surface area contributed by atoms with Gasteiger partial charge in [0, 0.05) is 33.4 Å². The molecule has 0 bridgehead atoms. The van der Waals surface area contributed by atoms with Gasteiger partial charge >= 0.3 is 0 Å². The van der Waals surface area contributed by atoms with Crippen LogP contribution in [-0.2, 0) is 0 Å². The first-order chi connectivity index (χ1) is 21.7. The number of carbonyl (C=O) groups excluding carboxylic acids is 2. The Labute approximate surface area is 254 Å². The fourth-order valence-corrected chi connectivity index (χ4v) is 5.23. The van der Waals surface area contributed by atoms with E-state index in [9.17, 15) is 9.59 Å². The largest absolute Gasteiger partial charge is 0.278 e. The van der Waals surface area contributed by atoms with E-state index >= 15 is 0 Å². The molecule has 0 amide bonds. The molecule has 7 rings (SSSR count). The highest BCUT2D eigenvalue weighted by Gasteiger charge is 2.22. The highest BCUT2D eigenvalue weighted by Crippen LogP contribution is 2.29. The average molecular weight is 571 g/mol. The molecule has 2 heterocycles. The Kier molecular flexibility index (Phi) is 7.06.